The maximum atomic E-state index is 12.3. The Morgan fingerprint density at radius 1 is 1.46 bits per heavy atom. The number of aromatic nitrogens is 3. The van der Waals surface area contributed by atoms with E-state index in [1.54, 1.807) is 29.4 Å². The molecule has 3 aromatic heterocycles. The van der Waals surface area contributed by atoms with Gasteiger partial charge in [0, 0.05) is 12.8 Å². The molecule has 0 saturated carbocycles. The van der Waals surface area contributed by atoms with Crippen molar-refractivity contribution < 1.29 is 13.9 Å². The van der Waals surface area contributed by atoms with Crippen LogP contribution in [0.2, 0.25) is 0 Å². The van der Waals surface area contributed by atoms with Gasteiger partial charge in [-0.15, -0.1) is 11.3 Å². The van der Waals surface area contributed by atoms with Gasteiger partial charge in [0.05, 0.1) is 37.0 Å². The molecule has 1 N–H and O–H groups in total. The monoisotopic (exact) mass is 344 g/mol. The lowest BCUT2D eigenvalue weighted by Gasteiger charge is -2.08. The summed E-state index contributed by atoms with van der Waals surface area (Å²) in [6.07, 6.45) is 8.95. The zero-order valence-corrected chi connectivity index (χ0v) is 13.7. The highest BCUT2D eigenvalue weighted by Gasteiger charge is 2.17. The summed E-state index contributed by atoms with van der Waals surface area (Å²) in [4.78, 5) is 17.1. The fraction of sp³-hybridized carbons (Fsp3) is 0.312. The topological polar surface area (TPSA) is 82.2 Å². The van der Waals surface area contributed by atoms with E-state index in [4.69, 9.17) is 9.15 Å². The number of carbonyl (C=O) groups excluding carboxylic acids is 1. The highest BCUT2D eigenvalue weighted by Crippen LogP contribution is 2.26. The molecule has 4 heterocycles. The van der Waals surface area contributed by atoms with Gasteiger partial charge in [-0.3, -0.25) is 9.48 Å². The molecule has 0 aromatic carbocycles. The van der Waals surface area contributed by atoms with Gasteiger partial charge in [0.1, 0.15) is 4.88 Å². The minimum absolute atomic E-state index is 0.207. The molecule has 1 aliphatic heterocycles. The Kier molecular flexibility index (Phi) is 4.14. The van der Waals surface area contributed by atoms with Crippen LogP contribution in [0.5, 0.6) is 0 Å². The van der Waals surface area contributed by atoms with Crippen molar-refractivity contribution in [2.45, 2.75) is 25.5 Å². The molecule has 24 heavy (non-hydrogen) atoms. The molecule has 0 spiro atoms. The fourth-order valence-corrected chi connectivity index (χ4v) is 3.39. The molecule has 0 radical (unpaired) electrons. The first-order valence-electron chi connectivity index (χ1n) is 7.73. The largest absolute Gasteiger partial charge is 0.462 e. The number of nitrogens with one attached hydrogen (secondary N) is 1. The molecule has 1 unspecified atom stereocenters. The van der Waals surface area contributed by atoms with Crippen LogP contribution < -0.4 is 5.32 Å². The third-order valence-electron chi connectivity index (χ3n) is 3.77. The Balaban J connectivity index is 1.40. The van der Waals surface area contributed by atoms with E-state index in [1.807, 2.05) is 12.3 Å². The number of hydrogen-bond acceptors (Lipinski definition) is 6. The molecule has 1 fully saturated rings. The molecule has 1 amide bonds. The number of rotatable bonds is 5. The Morgan fingerprint density at radius 2 is 2.42 bits per heavy atom. The zero-order chi connectivity index (χ0) is 16.4. The molecule has 0 bridgehead atoms. The number of nitrogens with zero attached hydrogens (tertiary/aromatic N) is 3. The minimum Gasteiger partial charge on any atom is -0.462 e. The summed E-state index contributed by atoms with van der Waals surface area (Å²) in [6, 6.07) is 3.61. The molecule has 124 valence electrons. The summed E-state index contributed by atoms with van der Waals surface area (Å²) < 4.78 is 12.7. The molecule has 4 rings (SSSR count). The van der Waals surface area contributed by atoms with Gasteiger partial charge in [-0.1, -0.05) is 0 Å². The molecule has 7 nitrogen and oxygen atoms in total. The van der Waals surface area contributed by atoms with Crippen molar-refractivity contribution in [2.24, 2.45) is 0 Å². The SMILES string of the molecule is O=C(Nc1cnn(CC2CCCO2)c1)c1cnc(-c2ccco2)s1. The number of carbonyl (C=O) groups is 1. The number of furan rings is 1. The van der Waals surface area contributed by atoms with Gasteiger partial charge in [0.2, 0.25) is 0 Å². The summed E-state index contributed by atoms with van der Waals surface area (Å²) >= 11 is 1.29. The number of hydrogen-bond donors (Lipinski definition) is 1. The van der Waals surface area contributed by atoms with Crippen LogP contribution in [0.4, 0.5) is 5.69 Å². The second-order valence-electron chi connectivity index (χ2n) is 5.55. The van der Waals surface area contributed by atoms with E-state index in [-0.39, 0.29) is 12.0 Å². The van der Waals surface area contributed by atoms with Crippen molar-refractivity contribution >= 4 is 22.9 Å². The number of ether oxygens (including phenoxy) is 1. The molecule has 1 aliphatic rings. The van der Waals surface area contributed by atoms with E-state index >= 15 is 0 Å². The van der Waals surface area contributed by atoms with E-state index in [1.165, 1.54) is 11.3 Å². The predicted molar refractivity (Wildman–Crippen MR) is 89.0 cm³/mol. The van der Waals surface area contributed by atoms with Gasteiger partial charge in [0.25, 0.3) is 5.91 Å². The van der Waals surface area contributed by atoms with E-state index in [0.29, 0.717) is 27.9 Å². The summed E-state index contributed by atoms with van der Waals surface area (Å²) in [5.41, 5.74) is 0.658. The first-order chi connectivity index (χ1) is 11.8. The average Bonchev–Trinajstić information content (AvgIpc) is 3.36. The number of amides is 1. The molecule has 1 atom stereocenters. The lowest BCUT2D eigenvalue weighted by molar-refractivity contribution is 0.0940. The quantitative estimate of drug-likeness (QED) is 0.769. The van der Waals surface area contributed by atoms with E-state index in [0.717, 1.165) is 19.4 Å². The van der Waals surface area contributed by atoms with Crippen LogP contribution in [0, 0.1) is 0 Å². The van der Waals surface area contributed by atoms with Crippen LogP contribution in [-0.4, -0.2) is 33.4 Å². The van der Waals surface area contributed by atoms with Gasteiger partial charge in [0.15, 0.2) is 10.8 Å². The average molecular weight is 344 g/mol. The maximum Gasteiger partial charge on any atom is 0.267 e. The number of thiazole rings is 1. The summed E-state index contributed by atoms with van der Waals surface area (Å²) in [7, 11) is 0. The van der Waals surface area contributed by atoms with Crippen molar-refractivity contribution in [2.75, 3.05) is 11.9 Å². The van der Waals surface area contributed by atoms with Crippen LogP contribution in [-0.2, 0) is 11.3 Å². The van der Waals surface area contributed by atoms with E-state index in [9.17, 15) is 4.79 Å². The summed E-state index contributed by atoms with van der Waals surface area (Å²) in [6.45, 7) is 1.53. The third kappa shape index (κ3) is 3.24. The molecule has 1 saturated heterocycles. The van der Waals surface area contributed by atoms with E-state index in [2.05, 4.69) is 15.4 Å². The van der Waals surface area contributed by atoms with Gasteiger partial charge in [-0.25, -0.2) is 4.98 Å². The van der Waals surface area contributed by atoms with Gasteiger partial charge < -0.3 is 14.5 Å². The van der Waals surface area contributed by atoms with Crippen molar-refractivity contribution in [1.29, 1.82) is 0 Å². The molecular formula is C16H16N4O3S. The fourth-order valence-electron chi connectivity index (χ4n) is 2.61. The maximum absolute atomic E-state index is 12.3. The Morgan fingerprint density at radius 3 is 3.21 bits per heavy atom. The molecule has 0 aliphatic carbocycles. The number of anilines is 1. The third-order valence-corrected chi connectivity index (χ3v) is 4.78. The Labute approximate surface area is 142 Å². The molecule has 8 heteroatoms. The van der Waals surface area contributed by atoms with Crippen molar-refractivity contribution in [3.8, 4) is 10.8 Å². The van der Waals surface area contributed by atoms with Crippen LogP contribution in [0.25, 0.3) is 10.8 Å². The minimum atomic E-state index is -0.207. The Bertz CT molecular complexity index is 818. The predicted octanol–water partition coefficient (Wildman–Crippen LogP) is 3.03. The smallest absolute Gasteiger partial charge is 0.267 e. The van der Waals surface area contributed by atoms with Crippen molar-refractivity contribution in [3.05, 3.63) is 41.9 Å². The first-order valence-corrected chi connectivity index (χ1v) is 8.55. The van der Waals surface area contributed by atoms with Gasteiger partial charge in [-0.05, 0) is 25.0 Å². The first kappa shape index (κ1) is 15.1. The summed E-state index contributed by atoms with van der Waals surface area (Å²) in [5, 5.41) is 7.79. The van der Waals surface area contributed by atoms with Crippen molar-refractivity contribution in [3.63, 3.8) is 0 Å². The van der Waals surface area contributed by atoms with Crippen molar-refractivity contribution in [1.82, 2.24) is 14.8 Å². The second kappa shape index (κ2) is 6.58. The highest BCUT2D eigenvalue weighted by atomic mass is 32.1. The second-order valence-corrected chi connectivity index (χ2v) is 6.58. The van der Waals surface area contributed by atoms with Gasteiger partial charge >= 0.3 is 0 Å². The molecule has 3 aromatic rings. The standard InChI is InChI=1S/C16H16N4O3S/c21-15(14-8-17-16(24-14)13-4-2-6-23-13)19-11-7-18-20(9-11)10-12-3-1-5-22-12/h2,4,6-9,12H,1,3,5,10H2,(H,19,21). The van der Waals surface area contributed by atoms with Gasteiger partial charge in [-0.2, -0.15) is 5.10 Å². The van der Waals surface area contributed by atoms with E-state index < -0.39 is 0 Å². The van der Waals surface area contributed by atoms with Crippen LogP contribution in [0.15, 0.2) is 41.4 Å². The highest BCUT2D eigenvalue weighted by molar-refractivity contribution is 7.16. The Hall–Kier alpha value is -2.45. The lowest BCUT2D eigenvalue weighted by atomic mass is 10.2. The van der Waals surface area contributed by atoms with Crippen LogP contribution in [0.1, 0.15) is 22.5 Å². The van der Waals surface area contributed by atoms with Crippen LogP contribution in [0.3, 0.4) is 0 Å². The summed E-state index contributed by atoms with van der Waals surface area (Å²) in [5.74, 6) is 0.449. The lowest BCUT2D eigenvalue weighted by Crippen LogP contribution is -2.15. The molecular weight excluding hydrogens is 328 g/mol. The normalized spacial score (nSPS) is 17.2. The zero-order valence-electron chi connectivity index (χ0n) is 12.8. The van der Waals surface area contributed by atoms with Crippen LogP contribution >= 0.6 is 11.3 Å².